The number of carbonyl (C=O) groups excluding carboxylic acids is 1. The second kappa shape index (κ2) is 10.7. The number of carbonyl (C=O) groups is 1. The molecule has 180 valence electrons. The molecule has 1 aliphatic rings. The van der Waals surface area contributed by atoms with Crippen LogP contribution >= 0.6 is 0 Å². The van der Waals surface area contributed by atoms with Crippen molar-refractivity contribution < 1.29 is 17.9 Å². The van der Waals surface area contributed by atoms with Crippen molar-refractivity contribution >= 4 is 15.9 Å². The molecule has 1 amide bonds. The average Bonchev–Trinajstić information content (AvgIpc) is 3.33. The fraction of sp³-hybridized carbons (Fsp3) is 0.500. The van der Waals surface area contributed by atoms with Crippen LogP contribution in [0.2, 0.25) is 0 Å². The molecule has 3 rings (SSSR count). The van der Waals surface area contributed by atoms with Gasteiger partial charge in [0.15, 0.2) is 0 Å². The number of aryl methyl sites for hydroxylation is 1. The lowest BCUT2D eigenvalue weighted by Crippen LogP contribution is -2.37. The SMILES string of the molecule is COc1ccc(S(=O)(=O)N2CCCC2)cc1CCC(=O)N[C@H](C)CC(C)(C)c1ccccc1. The van der Waals surface area contributed by atoms with Gasteiger partial charge in [0.25, 0.3) is 0 Å². The van der Waals surface area contributed by atoms with Crippen molar-refractivity contribution in [1.29, 1.82) is 0 Å². The second-order valence-corrected chi connectivity index (χ2v) is 11.4. The third-order valence-electron chi connectivity index (χ3n) is 6.36. The molecule has 0 saturated carbocycles. The Bertz CT molecular complexity index is 1050. The summed E-state index contributed by atoms with van der Waals surface area (Å²) in [4.78, 5) is 12.9. The van der Waals surface area contributed by atoms with Gasteiger partial charge in [0.1, 0.15) is 5.75 Å². The van der Waals surface area contributed by atoms with E-state index in [1.54, 1.807) is 25.3 Å². The number of hydrogen-bond donors (Lipinski definition) is 1. The summed E-state index contributed by atoms with van der Waals surface area (Å²) < 4.78 is 32.8. The van der Waals surface area contributed by atoms with E-state index in [-0.39, 0.29) is 28.7 Å². The summed E-state index contributed by atoms with van der Waals surface area (Å²) in [5.74, 6) is 0.544. The molecule has 1 N–H and O–H groups in total. The molecule has 0 aromatic heterocycles. The Morgan fingerprint density at radius 1 is 1.12 bits per heavy atom. The van der Waals surface area contributed by atoms with Gasteiger partial charge in [0, 0.05) is 25.6 Å². The van der Waals surface area contributed by atoms with Gasteiger partial charge >= 0.3 is 0 Å². The molecule has 2 aromatic carbocycles. The molecule has 0 bridgehead atoms. The van der Waals surface area contributed by atoms with Crippen LogP contribution in [0, 0.1) is 0 Å². The fourth-order valence-electron chi connectivity index (χ4n) is 4.61. The van der Waals surface area contributed by atoms with Crippen LogP contribution in [0.25, 0.3) is 0 Å². The van der Waals surface area contributed by atoms with Gasteiger partial charge in [0.2, 0.25) is 15.9 Å². The molecule has 1 heterocycles. The zero-order valence-electron chi connectivity index (χ0n) is 20.1. The summed E-state index contributed by atoms with van der Waals surface area (Å²) in [5.41, 5.74) is 1.91. The Balaban J connectivity index is 1.62. The van der Waals surface area contributed by atoms with Gasteiger partial charge in [-0.1, -0.05) is 44.2 Å². The van der Waals surface area contributed by atoms with Gasteiger partial charge in [0.05, 0.1) is 12.0 Å². The highest BCUT2D eigenvalue weighted by Gasteiger charge is 2.28. The number of hydrogen-bond acceptors (Lipinski definition) is 4. The van der Waals surface area contributed by atoms with E-state index in [4.69, 9.17) is 4.74 Å². The summed E-state index contributed by atoms with van der Waals surface area (Å²) in [6, 6.07) is 15.2. The number of rotatable bonds is 10. The number of benzene rings is 2. The monoisotopic (exact) mass is 472 g/mol. The molecule has 1 saturated heterocycles. The molecule has 2 aromatic rings. The minimum Gasteiger partial charge on any atom is -0.496 e. The summed E-state index contributed by atoms with van der Waals surface area (Å²) >= 11 is 0. The molecule has 0 radical (unpaired) electrons. The zero-order chi connectivity index (χ0) is 24.1. The maximum atomic E-state index is 12.9. The van der Waals surface area contributed by atoms with Gasteiger partial charge in [-0.3, -0.25) is 4.79 Å². The first kappa shape index (κ1) is 25.2. The van der Waals surface area contributed by atoms with E-state index in [1.807, 2.05) is 25.1 Å². The Labute approximate surface area is 198 Å². The predicted octanol–water partition coefficient (Wildman–Crippen LogP) is 4.28. The van der Waals surface area contributed by atoms with Crippen LogP contribution in [0.4, 0.5) is 0 Å². The minimum atomic E-state index is -3.51. The lowest BCUT2D eigenvalue weighted by Gasteiger charge is -2.29. The van der Waals surface area contributed by atoms with E-state index in [2.05, 4.69) is 31.3 Å². The van der Waals surface area contributed by atoms with Crippen molar-refractivity contribution in [3.63, 3.8) is 0 Å². The lowest BCUT2D eigenvalue weighted by atomic mass is 9.79. The number of ether oxygens (including phenoxy) is 1. The molecule has 6 nitrogen and oxygen atoms in total. The minimum absolute atomic E-state index is 0.0106. The third-order valence-corrected chi connectivity index (χ3v) is 8.25. The average molecular weight is 473 g/mol. The molecule has 33 heavy (non-hydrogen) atoms. The standard InChI is InChI=1S/C26H36N2O4S/c1-20(19-26(2,3)22-10-6-5-7-11-22)27-25(29)15-12-21-18-23(13-14-24(21)32-4)33(30,31)28-16-8-9-17-28/h5-7,10-11,13-14,18,20H,8-9,12,15-17,19H2,1-4H3,(H,27,29)/t20-/m1/s1. The highest BCUT2D eigenvalue weighted by molar-refractivity contribution is 7.89. The molecule has 0 spiro atoms. The van der Waals surface area contributed by atoms with Gasteiger partial charge in [-0.05, 0) is 67.3 Å². The zero-order valence-corrected chi connectivity index (χ0v) is 21.0. The topological polar surface area (TPSA) is 75.7 Å². The van der Waals surface area contributed by atoms with E-state index in [9.17, 15) is 13.2 Å². The number of methoxy groups -OCH3 is 1. The Hall–Kier alpha value is -2.38. The van der Waals surface area contributed by atoms with Crippen LogP contribution in [0.15, 0.2) is 53.4 Å². The van der Waals surface area contributed by atoms with Crippen LogP contribution in [0.1, 0.15) is 57.6 Å². The highest BCUT2D eigenvalue weighted by Crippen LogP contribution is 2.29. The van der Waals surface area contributed by atoms with E-state index < -0.39 is 10.0 Å². The number of nitrogens with one attached hydrogen (secondary N) is 1. The van der Waals surface area contributed by atoms with Crippen LogP contribution in [-0.4, -0.2) is 44.9 Å². The van der Waals surface area contributed by atoms with E-state index in [1.165, 1.54) is 9.87 Å². The second-order valence-electron chi connectivity index (χ2n) is 9.51. The first-order chi connectivity index (χ1) is 15.6. The normalized spacial score (nSPS) is 15.9. The maximum absolute atomic E-state index is 12.9. The van der Waals surface area contributed by atoms with Gasteiger partial charge in [-0.25, -0.2) is 8.42 Å². The number of nitrogens with zero attached hydrogens (tertiary/aromatic N) is 1. The number of sulfonamides is 1. The molecular formula is C26H36N2O4S. The molecule has 7 heteroatoms. The summed E-state index contributed by atoms with van der Waals surface area (Å²) in [7, 11) is -1.96. The van der Waals surface area contributed by atoms with Crippen LogP contribution < -0.4 is 10.1 Å². The van der Waals surface area contributed by atoms with Crippen molar-refractivity contribution in [3.05, 3.63) is 59.7 Å². The molecule has 1 fully saturated rings. The predicted molar refractivity (Wildman–Crippen MR) is 131 cm³/mol. The van der Waals surface area contributed by atoms with Crippen molar-refractivity contribution in [2.45, 2.75) is 69.2 Å². The first-order valence-corrected chi connectivity index (χ1v) is 13.1. The van der Waals surface area contributed by atoms with E-state index in [0.29, 0.717) is 25.3 Å². The summed E-state index contributed by atoms with van der Waals surface area (Å²) in [6.45, 7) is 7.50. The van der Waals surface area contributed by atoms with Crippen molar-refractivity contribution in [2.75, 3.05) is 20.2 Å². The molecule has 0 unspecified atom stereocenters. The summed E-state index contributed by atoms with van der Waals surface area (Å²) in [5, 5.41) is 3.10. The van der Waals surface area contributed by atoms with Crippen LogP contribution in [-0.2, 0) is 26.7 Å². The Kier molecular flexibility index (Phi) is 8.19. The number of amides is 1. The van der Waals surface area contributed by atoms with Gasteiger partial charge in [-0.15, -0.1) is 0 Å². The summed E-state index contributed by atoms with van der Waals surface area (Å²) in [6.07, 6.45) is 3.27. The van der Waals surface area contributed by atoms with Crippen molar-refractivity contribution in [1.82, 2.24) is 9.62 Å². The molecule has 1 atom stereocenters. The fourth-order valence-corrected chi connectivity index (χ4v) is 6.18. The van der Waals surface area contributed by atoms with E-state index >= 15 is 0 Å². The van der Waals surface area contributed by atoms with Gasteiger partial charge in [-0.2, -0.15) is 4.31 Å². The quantitative estimate of drug-likeness (QED) is 0.560. The van der Waals surface area contributed by atoms with Gasteiger partial charge < -0.3 is 10.1 Å². The molecular weight excluding hydrogens is 436 g/mol. The van der Waals surface area contributed by atoms with Crippen LogP contribution in [0.3, 0.4) is 0 Å². The van der Waals surface area contributed by atoms with Crippen molar-refractivity contribution in [3.8, 4) is 5.75 Å². The largest absolute Gasteiger partial charge is 0.496 e. The Morgan fingerprint density at radius 2 is 1.79 bits per heavy atom. The van der Waals surface area contributed by atoms with E-state index in [0.717, 1.165) is 24.8 Å². The highest BCUT2D eigenvalue weighted by atomic mass is 32.2. The van der Waals surface area contributed by atoms with Crippen LogP contribution in [0.5, 0.6) is 5.75 Å². The maximum Gasteiger partial charge on any atom is 0.243 e. The Morgan fingerprint density at radius 3 is 2.42 bits per heavy atom. The molecule has 0 aliphatic carbocycles. The molecule has 1 aliphatic heterocycles. The smallest absolute Gasteiger partial charge is 0.243 e. The van der Waals surface area contributed by atoms with Crippen molar-refractivity contribution in [2.24, 2.45) is 0 Å². The lowest BCUT2D eigenvalue weighted by molar-refractivity contribution is -0.121. The first-order valence-electron chi connectivity index (χ1n) is 11.7. The third kappa shape index (κ3) is 6.36.